The number of hydrogen-bond donors (Lipinski definition) is 1. The van der Waals surface area contributed by atoms with Crippen LogP contribution in [0.2, 0.25) is 0 Å². The Balaban J connectivity index is 2.05. The van der Waals surface area contributed by atoms with Crippen LogP contribution < -0.4 is 5.32 Å². The molecule has 0 aliphatic heterocycles. The first-order valence-electron chi connectivity index (χ1n) is 5.72. The topological polar surface area (TPSA) is 52.9 Å². The van der Waals surface area contributed by atoms with Crippen molar-refractivity contribution in [1.29, 1.82) is 5.26 Å². The third kappa shape index (κ3) is 3.17. The summed E-state index contributed by atoms with van der Waals surface area (Å²) >= 11 is 0. The van der Waals surface area contributed by atoms with Crippen molar-refractivity contribution in [2.24, 2.45) is 0 Å². The molecule has 3 nitrogen and oxygen atoms in total. The Morgan fingerprint density at radius 3 is 2.53 bits per heavy atom. The van der Waals surface area contributed by atoms with E-state index in [4.69, 9.17) is 5.26 Å². The Bertz CT molecular complexity index is 629. The Labute approximate surface area is 110 Å². The molecule has 0 saturated heterocycles. The minimum atomic E-state index is -0.376. The van der Waals surface area contributed by atoms with E-state index in [-0.39, 0.29) is 18.1 Å². The molecule has 19 heavy (non-hydrogen) atoms. The number of para-hydroxylation sites is 1. The van der Waals surface area contributed by atoms with E-state index < -0.39 is 0 Å². The van der Waals surface area contributed by atoms with Gasteiger partial charge in [0, 0.05) is 5.56 Å². The Kier molecular flexibility index (Phi) is 3.89. The van der Waals surface area contributed by atoms with Gasteiger partial charge in [-0.15, -0.1) is 0 Å². The van der Waals surface area contributed by atoms with E-state index in [1.165, 1.54) is 24.3 Å². The first-order chi connectivity index (χ1) is 9.20. The van der Waals surface area contributed by atoms with Gasteiger partial charge in [-0.3, -0.25) is 4.79 Å². The van der Waals surface area contributed by atoms with Crippen molar-refractivity contribution < 1.29 is 9.18 Å². The molecule has 0 aliphatic carbocycles. The number of ketones is 1. The van der Waals surface area contributed by atoms with Gasteiger partial charge in [0.2, 0.25) is 0 Å². The van der Waals surface area contributed by atoms with Crippen LogP contribution in [-0.4, -0.2) is 12.3 Å². The van der Waals surface area contributed by atoms with Gasteiger partial charge in [-0.25, -0.2) is 4.39 Å². The molecule has 0 bridgehead atoms. The average molecular weight is 254 g/mol. The third-order valence-electron chi connectivity index (χ3n) is 2.65. The van der Waals surface area contributed by atoms with Gasteiger partial charge < -0.3 is 5.32 Å². The lowest BCUT2D eigenvalue weighted by Gasteiger charge is -2.07. The summed E-state index contributed by atoms with van der Waals surface area (Å²) in [5, 5.41) is 11.8. The molecule has 0 fully saturated rings. The molecule has 4 heteroatoms. The summed E-state index contributed by atoms with van der Waals surface area (Å²) in [6.45, 7) is 0.0598. The highest BCUT2D eigenvalue weighted by Crippen LogP contribution is 2.13. The smallest absolute Gasteiger partial charge is 0.181 e. The zero-order valence-corrected chi connectivity index (χ0v) is 10.1. The first kappa shape index (κ1) is 12.8. The molecule has 94 valence electrons. The second kappa shape index (κ2) is 5.78. The van der Waals surface area contributed by atoms with Crippen LogP contribution in [0, 0.1) is 17.1 Å². The number of rotatable bonds is 4. The van der Waals surface area contributed by atoms with E-state index in [1.807, 2.05) is 6.07 Å². The van der Waals surface area contributed by atoms with Crippen LogP contribution in [0.3, 0.4) is 0 Å². The Morgan fingerprint density at radius 1 is 1.16 bits per heavy atom. The van der Waals surface area contributed by atoms with Gasteiger partial charge in [0.05, 0.1) is 17.8 Å². The van der Waals surface area contributed by atoms with Crippen molar-refractivity contribution >= 4 is 11.5 Å². The SMILES string of the molecule is N#Cc1ccccc1NCC(=O)c1ccc(F)cc1. The standard InChI is InChI=1S/C15H11FN2O/c16-13-7-5-11(6-8-13)15(19)10-18-14-4-2-1-3-12(14)9-17/h1-8,18H,10H2. The van der Waals surface area contributed by atoms with Gasteiger partial charge in [-0.2, -0.15) is 5.26 Å². The number of hydrogen-bond acceptors (Lipinski definition) is 3. The molecule has 0 unspecified atom stereocenters. The van der Waals surface area contributed by atoms with Gasteiger partial charge in [0.25, 0.3) is 0 Å². The van der Waals surface area contributed by atoms with Crippen LogP contribution in [0.1, 0.15) is 15.9 Å². The van der Waals surface area contributed by atoms with Gasteiger partial charge in [0.1, 0.15) is 11.9 Å². The number of carbonyl (C=O) groups is 1. The summed E-state index contributed by atoms with van der Waals surface area (Å²) in [6, 6.07) is 14.4. The molecule has 0 heterocycles. The molecule has 0 saturated carbocycles. The monoisotopic (exact) mass is 254 g/mol. The third-order valence-corrected chi connectivity index (χ3v) is 2.65. The van der Waals surface area contributed by atoms with Crippen molar-refractivity contribution in [2.75, 3.05) is 11.9 Å². The molecular weight excluding hydrogens is 243 g/mol. The van der Waals surface area contributed by atoms with E-state index in [1.54, 1.807) is 24.3 Å². The fourth-order valence-electron chi connectivity index (χ4n) is 1.65. The van der Waals surface area contributed by atoms with E-state index >= 15 is 0 Å². The van der Waals surface area contributed by atoms with Crippen LogP contribution in [0.4, 0.5) is 10.1 Å². The molecule has 0 radical (unpaired) electrons. The summed E-state index contributed by atoms with van der Waals surface area (Å²) in [6.07, 6.45) is 0. The van der Waals surface area contributed by atoms with Crippen molar-refractivity contribution in [2.45, 2.75) is 0 Å². The molecule has 0 atom stereocenters. The number of Topliss-reactive ketones (excluding diaryl/α,β-unsaturated/α-hetero) is 1. The molecular formula is C15H11FN2O. The predicted molar refractivity (Wildman–Crippen MR) is 70.4 cm³/mol. The molecule has 2 aromatic carbocycles. The van der Waals surface area contributed by atoms with E-state index in [2.05, 4.69) is 5.32 Å². The van der Waals surface area contributed by atoms with Crippen molar-refractivity contribution in [3.05, 3.63) is 65.5 Å². The molecule has 0 spiro atoms. The maximum atomic E-state index is 12.7. The maximum Gasteiger partial charge on any atom is 0.181 e. The summed E-state index contributed by atoms with van der Waals surface area (Å²) in [5.41, 5.74) is 1.53. The zero-order valence-electron chi connectivity index (χ0n) is 10.1. The van der Waals surface area contributed by atoms with Crippen LogP contribution in [0.5, 0.6) is 0 Å². The van der Waals surface area contributed by atoms with E-state index in [9.17, 15) is 9.18 Å². The highest BCUT2D eigenvalue weighted by Gasteiger charge is 2.07. The molecule has 0 amide bonds. The largest absolute Gasteiger partial charge is 0.377 e. The maximum absolute atomic E-state index is 12.7. The van der Waals surface area contributed by atoms with Crippen LogP contribution in [-0.2, 0) is 0 Å². The minimum Gasteiger partial charge on any atom is -0.377 e. The van der Waals surface area contributed by atoms with Gasteiger partial charge >= 0.3 is 0 Å². The fraction of sp³-hybridized carbons (Fsp3) is 0.0667. The van der Waals surface area contributed by atoms with E-state index in [0.717, 1.165) is 0 Å². The number of anilines is 1. The molecule has 0 aliphatic rings. The number of carbonyl (C=O) groups excluding carboxylic acids is 1. The summed E-state index contributed by atoms with van der Waals surface area (Å²) in [5.74, 6) is -0.535. The molecule has 2 aromatic rings. The highest BCUT2D eigenvalue weighted by molar-refractivity contribution is 5.99. The normalized spacial score (nSPS) is 9.68. The van der Waals surface area contributed by atoms with Crippen molar-refractivity contribution in [1.82, 2.24) is 0 Å². The summed E-state index contributed by atoms with van der Waals surface area (Å²) < 4.78 is 12.7. The first-order valence-corrected chi connectivity index (χ1v) is 5.72. The Morgan fingerprint density at radius 2 is 1.84 bits per heavy atom. The summed E-state index contributed by atoms with van der Waals surface area (Å²) in [7, 11) is 0. The number of nitrogens with one attached hydrogen (secondary N) is 1. The van der Waals surface area contributed by atoms with Gasteiger partial charge in [0.15, 0.2) is 5.78 Å². The molecule has 2 rings (SSSR count). The fourth-order valence-corrected chi connectivity index (χ4v) is 1.65. The summed E-state index contributed by atoms with van der Waals surface area (Å²) in [4.78, 5) is 11.9. The predicted octanol–water partition coefficient (Wildman–Crippen LogP) is 2.99. The van der Waals surface area contributed by atoms with E-state index in [0.29, 0.717) is 16.8 Å². The van der Waals surface area contributed by atoms with Crippen molar-refractivity contribution in [3.63, 3.8) is 0 Å². The second-order valence-electron chi connectivity index (χ2n) is 3.94. The van der Waals surface area contributed by atoms with Crippen LogP contribution in [0.25, 0.3) is 0 Å². The lowest BCUT2D eigenvalue weighted by molar-refractivity contribution is 0.101. The highest BCUT2D eigenvalue weighted by atomic mass is 19.1. The van der Waals surface area contributed by atoms with Gasteiger partial charge in [-0.1, -0.05) is 12.1 Å². The number of benzene rings is 2. The van der Waals surface area contributed by atoms with Gasteiger partial charge in [-0.05, 0) is 36.4 Å². The lowest BCUT2D eigenvalue weighted by atomic mass is 10.1. The second-order valence-corrected chi connectivity index (χ2v) is 3.94. The van der Waals surface area contributed by atoms with Crippen LogP contribution >= 0.6 is 0 Å². The molecule has 0 aromatic heterocycles. The van der Waals surface area contributed by atoms with Crippen molar-refractivity contribution in [3.8, 4) is 6.07 Å². The zero-order chi connectivity index (χ0) is 13.7. The molecule has 1 N–H and O–H groups in total. The quantitative estimate of drug-likeness (QED) is 0.853. The van der Waals surface area contributed by atoms with Crippen LogP contribution in [0.15, 0.2) is 48.5 Å². The number of halogens is 1. The number of nitriles is 1. The average Bonchev–Trinajstić information content (AvgIpc) is 2.45. The minimum absolute atomic E-state index is 0.0598. The number of nitrogens with zero attached hydrogens (tertiary/aromatic N) is 1. The Hall–Kier alpha value is -2.67. The lowest BCUT2D eigenvalue weighted by Crippen LogP contribution is -2.14.